The number of halogens is 1. The van der Waals surface area contributed by atoms with Crippen LogP contribution >= 0.6 is 0 Å². The monoisotopic (exact) mass is 250 g/mol. The molecule has 0 aromatic heterocycles. The number of rotatable bonds is 0. The predicted molar refractivity (Wildman–Crippen MR) is 68.0 cm³/mol. The second-order valence-corrected chi connectivity index (χ2v) is 5.58. The van der Waals surface area contributed by atoms with E-state index in [-0.39, 0.29) is 17.5 Å². The molecule has 1 fully saturated rings. The van der Waals surface area contributed by atoms with Crippen molar-refractivity contribution >= 4 is 0 Å². The maximum absolute atomic E-state index is 13.3. The third-order valence-corrected chi connectivity index (χ3v) is 4.19. The molecule has 18 heavy (non-hydrogen) atoms. The molecule has 1 unspecified atom stereocenters. The zero-order valence-electron chi connectivity index (χ0n) is 10.7. The molecule has 2 aliphatic heterocycles. The van der Waals surface area contributed by atoms with Gasteiger partial charge in [0, 0.05) is 37.2 Å². The van der Waals surface area contributed by atoms with Crippen LogP contribution in [0.1, 0.15) is 30.9 Å². The summed E-state index contributed by atoms with van der Waals surface area (Å²) >= 11 is 0. The van der Waals surface area contributed by atoms with Crippen molar-refractivity contribution in [2.75, 3.05) is 20.1 Å². The molecule has 3 nitrogen and oxygen atoms in total. The van der Waals surface area contributed by atoms with Gasteiger partial charge in [0.05, 0.1) is 0 Å². The van der Waals surface area contributed by atoms with Crippen LogP contribution in [0.15, 0.2) is 18.2 Å². The number of likely N-dealkylation sites (tertiary alicyclic amines) is 1. The number of benzene rings is 1. The third-order valence-electron chi connectivity index (χ3n) is 4.19. The molecule has 1 atom stereocenters. The van der Waals surface area contributed by atoms with Crippen LogP contribution in [-0.2, 0) is 0 Å². The minimum atomic E-state index is -0.258. The molecule has 0 saturated carbocycles. The summed E-state index contributed by atoms with van der Waals surface area (Å²) in [4.78, 5) is 2.29. The van der Waals surface area contributed by atoms with Crippen molar-refractivity contribution in [2.24, 2.45) is 5.73 Å². The molecule has 2 heterocycles. The van der Waals surface area contributed by atoms with E-state index in [4.69, 9.17) is 10.5 Å². The van der Waals surface area contributed by atoms with Crippen molar-refractivity contribution in [2.45, 2.75) is 30.9 Å². The van der Waals surface area contributed by atoms with Crippen LogP contribution in [0.25, 0.3) is 0 Å². The van der Waals surface area contributed by atoms with E-state index in [2.05, 4.69) is 11.9 Å². The summed E-state index contributed by atoms with van der Waals surface area (Å²) in [6.07, 6.45) is 2.76. The maximum atomic E-state index is 13.3. The van der Waals surface area contributed by atoms with Crippen molar-refractivity contribution in [3.63, 3.8) is 0 Å². The van der Waals surface area contributed by atoms with Gasteiger partial charge in [-0.25, -0.2) is 4.39 Å². The number of fused-ring (bicyclic) bond motifs is 1. The van der Waals surface area contributed by atoms with Crippen LogP contribution in [0.3, 0.4) is 0 Å². The maximum Gasteiger partial charge on any atom is 0.127 e. The second kappa shape index (κ2) is 4.21. The zero-order valence-corrected chi connectivity index (χ0v) is 10.7. The Morgan fingerprint density at radius 3 is 2.83 bits per heavy atom. The molecule has 0 amide bonds. The summed E-state index contributed by atoms with van der Waals surface area (Å²) in [5, 5.41) is 0. The van der Waals surface area contributed by atoms with Crippen molar-refractivity contribution in [1.29, 1.82) is 0 Å². The first kappa shape index (κ1) is 11.9. The van der Waals surface area contributed by atoms with Crippen LogP contribution in [0, 0.1) is 5.82 Å². The van der Waals surface area contributed by atoms with Crippen molar-refractivity contribution < 1.29 is 9.13 Å². The summed E-state index contributed by atoms with van der Waals surface area (Å²) in [5.74, 6) is 0.379. The van der Waals surface area contributed by atoms with E-state index in [9.17, 15) is 4.39 Å². The average Bonchev–Trinajstić information content (AvgIpc) is 2.33. The van der Waals surface area contributed by atoms with Crippen molar-refractivity contribution in [3.8, 4) is 5.75 Å². The summed E-state index contributed by atoms with van der Waals surface area (Å²) in [5.41, 5.74) is 6.96. The Kier molecular flexibility index (Phi) is 2.79. The lowest BCUT2D eigenvalue weighted by atomic mass is 9.81. The van der Waals surface area contributed by atoms with Gasteiger partial charge in [-0.05, 0) is 26.0 Å². The van der Waals surface area contributed by atoms with E-state index in [0.29, 0.717) is 5.75 Å². The Hall–Kier alpha value is -1.13. The summed E-state index contributed by atoms with van der Waals surface area (Å²) in [6.45, 7) is 2.02. The molecule has 0 aliphatic carbocycles. The number of hydrogen-bond donors (Lipinski definition) is 1. The fourth-order valence-electron chi connectivity index (χ4n) is 3.02. The Balaban J connectivity index is 1.90. The largest absolute Gasteiger partial charge is 0.487 e. The van der Waals surface area contributed by atoms with Gasteiger partial charge in [-0.2, -0.15) is 0 Å². The quantitative estimate of drug-likeness (QED) is 0.766. The number of hydrogen-bond acceptors (Lipinski definition) is 3. The summed E-state index contributed by atoms with van der Waals surface area (Å²) in [6, 6.07) is 4.62. The van der Waals surface area contributed by atoms with Crippen LogP contribution in [0.5, 0.6) is 5.75 Å². The van der Waals surface area contributed by atoms with Gasteiger partial charge >= 0.3 is 0 Å². The first-order valence-electron chi connectivity index (χ1n) is 6.51. The molecule has 1 saturated heterocycles. The number of nitrogens with zero attached hydrogens (tertiary/aromatic N) is 1. The summed E-state index contributed by atoms with van der Waals surface area (Å²) in [7, 11) is 2.11. The van der Waals surface area contributed by atoms with E-state index >= 15 is 0 Å². The van der Waals surface area contributed by atoms with E-state index in [1.807, 2.05) is 0 Å². The minimum Gasteiger partial charge on any atom is -0.487 e. The van der Waals surface area contributed by atoms with Gasteiger partial charge in [0.25, 0.3) is 0 Å². The van der Waals surface area contributed by atoms with E-state index in [1.165, 1.54) is 12.1 Å². The molecule has 2 aliphatic rings. The highest BCUT2D eigenvalue weighted by Gasteiger charge is 2.41. The fraction of sp³-hybridized carbons (Fsp3) is 0.571. The highest BCUT2D eigenvalue weighted by molar-refractivity contribution is 5.39. The van der Waals surface area contributed by atoms with Gasteiger partial charge in [-0.15, -0.1) is 0 Å². The zero-order chi connectivity index (χ0) is 12.8. The Morgan fingerprint density at radius 2 is 2.11 bits per heavy atom. The summed E-state index contributed by atoms with van der Waals surface area (Å²) < 4.78 is 19.4. The topological polar surface area (TPSA) is 38.5 Å². The van der Waals surface area contributed by atoms with Crippen molar-refractivity contribution in [1.82, 2.24) is 4.90 Å². The SMILES string of the molecule is CN1CCC2(CC1)CC(N)c1ccc(F)cc1O2. The highest BCUT2D eigenvalue weighted by Crippen LogP contribution is 2.43. The number of piperidine rings is 1. The molecule has 0 radical (unpaired) electrons. The van der Waals surface area contributed by atoms with Gasteiger partial charge in [-0.3, -0.25) is 0 Å². The molecule has 1 aromatic carbocycles. The Bertz CT molecular complexity index is 455. The van der Waals surface area contributed by atoms with Crippen LogP contribution in [0.2, 0.25) is 0 Å². The normalized spacial score (nSPS) is 26.7. The lowest BCUT2D eigenvalue weighted by molar-refractivity contribution is -0.0166. The van der Waals surface area contributed by atoms with Crippen LogP contribution in [-0.4, -0.2) is 30.6 Å². The molecule has 4 heteroatoms. The van der Waals surface area contributed by atoms with E-state index < -0.39 is 0 Å². The third kappa shape index (κ3) is 1.99. The second-order valence-electron chi connectivity index (χ2n) is 5.58. The van der Waals surface area contributed by atoms with Gasteiger partial charge in [-0.1, -0.05) is 6.07 Å². The van der Waals surface area contributed by atoms with Gasteiger partial charge < -0.3 is 15.4 Å². The molecule has 2 N–H and O–H groups in total. The molecule has 3 rings (SSSR count). The molecule has 98 valence electrons. The number of nitrogens with two attached hydrogens (primary N) is 1. The van der Waals surface area contributed by atoms with Gasteiger partial charge in [0.2, 0.25) is 0 Å². The number of ether oxygens (including phenoxy) is 1. The Morgan fingerprint density at radius 1 is 1.39 bits per heavy atom. The molecular formula is C14H19FN2O. The molecule has 1 aromatic rings. The fourth-order valence-corrected chi connectivity index (χ4v) is 3.02. The van der Waals surface area contributed by atoms with Crippen LogP contribution < -0.4 is 10.5 Å². The van der Waals surface area contributed by atoms with E-state index in [1.54, 1.807) is 6.07 Å². The van der Waals surface area contributed by atoms with E-state index in [0.717, 1.165) is 37.9 Å². The lowest BCUT2D eigenvalue weighted by Crippen LogP contribution is -2.50. The van der Waals surface area contributed by atoms with Gasteiger partial charge in [0.15, 0.2) is 0 Å². The van der Waals surface area contributed by atoms with Gasteiger partial charge in [0.1, 0.15) is 17.2 Å². The Labute approximate surface area is 107 Å². The first-order chi connectivity index (χ1) is 8.58. The average molecular weight is 250 g/mol. The first-order valence-corrected chi connectivity index (χ1v) is 6.51. The van der Waals surface area contributed by atoms with Crippen LogP contribution in [0.4, 0.5) is 4.39 Å². The predicted octanol–water partition coefficient (Wildman–Crippen LogP) is 2.07. The molecule has 1 spiro atoms. The standard InChI is InChI=1S/C14H19FN2O/c1-17-6-4-14(5-7-17)9-12(16)11-3-2-10(15)8-13(11)18-14/h2-3,8,12H,4-7,9,16H2,1H3. The van der Waals surface area contributed by atoms with Crippen molar-refractivity contribution in [3.05, 3.63) is 29.6 Å². The molecule has 0 bridgehead atoms. The lowest BCUT2D eigenvalue weighted by Gasteiger charge is -2.45. The molecular weight excluding hydrogens is 231 g/mol. The highest BCUT2D eigenvalue weighted by atomic mass is 19.1. The minimum absolute atomic E-state index is 0.0437. The smallest absolute Gasteiger partial charge is 0.127 e.